The Hall–Kier alpha value is -1.81. The minimum atomic E-state index is -5.17. The topological polar surface area (TPSA) is 92.3 Å². The van der Waals surface area contributed by atoms with Crippen LogP contribution in [-0.4, -0.2) is 50.9 Å². The number of halogens is 7. The number of sulfone groups is 1. The molecular formula is C21H19BrF5IN2O4S. The van der Waals surface area contributed by atoms with E-state index in [9.17, 15) is 40.0 Å². The quantitative estimate of drug-likeness (QED) is 0.287. The maximum Gasteiger partial charge on any atom is 0.401 e. The van der Waals surface area contributed by atoms with Crippen LogP contribution in [0.2, 0.25) is 0 Å². The third-order valence-electron chi connectivity index (χ3n) is 4.62. The molecule has 0 heterocycles. The van der Waals surface area contributed by atoms with Gasteiger partial charge < -0.3 is 10.6 Å². The number of hydrogen-bond donors (Lipinski definition) is 2. The van der Waals surface area contributed by atoms with Gasteiger partial charge in [0.15, 0.2) is 0 Å². The lowest BCUT2D eigenvalue weighted by Gasteiger charge is -2.21. The number of rotatable bonds is 8. The summed E-state index contributed by atoms with van der Waals surface area (Å²) in [5, 5.41) is 4.96. The van der Waals surface area contributed by atoms with Gasteiger partial charge in [-0.25, -0.2) is 17.2 Å². The van der Waals surface area contributed by atoms with Crippen LogP contribution in [0, 0.1) is 3.57 Å². The van der Waals surface area contributed by atoms with E-state index in [-0.39, 0.29) is 27.0 Å². The first-order valence-electron chi connectivity index (χ1n) is 9.74. The molecule has 2 N–H and O–H groups in total. The molecule has 2 aromatic carbocycles. The highest BCUT2D eigenvalue weighted by Crippen LogP contribution is 2.41. The van der Waals surface area contributed by atoms with Gasteiger partial charge in [-0.1, -0.05) is 12.1 Å². The number of carbonyl (C=O) groups is 2. The Morgan fingerprint density at radius 1 is 1.11 bits per heavy atom. The van der Waals surface area contributed by atoms with Gasteiger partial charge in [0.05, 0.1) is 22.6 Å². The number of hydrogen-bond acceptors (Lipinski definition) is 4. The van der Waals surface area contributed by atoms with Crippen molar-refractivity contribution in [3.63, 3.8) is 0 Å². The fourth-order valence-corrected chi connectivity index (χ4v) is 5.46. The molecule has 0 spiro atoms. The van der Waals surface area contributed by atoms with Gasteiger partial charge in [-0.2, -0.15) is 13.2 Å². The molecular weight excluding hydrogens is 678 g/mol. The van der Waals surface area contributed by atoms with Gasteiger partial charge in [-0.05, 0) is 75.3 Å². The van der Waals surface area contributed by atoms with E-state index in [0.29, 0.717) is 3.57 Å². The van der Waals surface area contributed by atoms with E-state index < -0.39 is 51.8 Å². The first kappa shape index (κ1) is 29.4. The zero-order valence-electron chi connectivity index (χ0n) is 18.1. The van der Waals surface area contributed by atoms with Crippen molar-refractivity contribution in [1.82, 2.24) is 5.32 Å². The van der Waals surface area contributed by atoms with Gasteiger partial charge in [0.25, 0.3) is 18.2 Å². The molecule has 2 rings (SSSR count). The van der Waals surface area contributed by atoms with E-state index >= 15 is 0 Å². The lowest BCUT2D eigenvalue weighted by atomic mass is 9.98. The lowest BCUT2D eigenvalue weighted by molar-refractivity contribution is -0.178. The molecule has 0 saturated carbocycles. The molecule has 0 aliphatic heterocycles. The molecule has 0 fully saturated rings. The van der Waals surface area contributed by atoms with Crippen LogP contribution in [0.3, 0.4) is 0 Å². The van der Waals surface area contributed by atoms with E-state index in [1.165, 1.54) is 19.1 Å². The van der Waals surface area contributed by atoms with Gasteiger partial charge >= 0.3 is 6.18 Å². The van der Waals surface area contributed by atoms with Crippen LogP contribution in [0.5, 0.6) is 0 Å². The third kappa shape index (κ3) is 8.10. The maximum absolute atomic E-state index is 13.0. The smallest absolute Gasteiger partial charge is 0.349 e. The van der Waals surface area contributed by atoms with Crippen LogP contribution in [-0.2, 0) is 9.84 Å². The largest absolute Gasteiger partial charge is 0.401 e. The second kappa shape index (κ2) is 11.5. The Bertz CT molecular complexity index is 1220. The maximum atomic E-state index is 13.0. The van der Waals surface area contributed by atoms with Crippen LogP contribution in [0.4, 0.5) is 27.6 Å². The molecule has 6 nitrogen and oxygen atoms in total. The summed E-state index contributed by atoms with van der Waals surface area (Å²) in [6.07, 6.45) is -7.84. The van der Waals surface area contributed by atoms with Gasteiger partial charge in [-0.3, -0.25) is 9.59 Å². The number of alkyl halides is 5. The van der Waals surface area contributed by atoms with Crippen molar-refractivity contribution in [3.8, 4) is 0 Å². The highest BCUT2D eigenvalue weighted by atomic mass is 127. The third-order valence-corrected chi connectivity index (χ3v) is 7.28. The predicted molar refractivity (Wildman–Crippen MR) is 133 cm³/mol. The highest BCUT2D eigenvalue weighted by Gasteiger charge is 2.47. The molecule has 14 heteroatoms. The number of anilines is 1. The monoisotopic (exact) mass is 696 g/mol. The zero-order valence-corrected chi connectivity index (χ0v) is 22.7. The first-order chi connectivity index (χ1) is 16.0. The van der Waals surface area contributed by atoms with Crippen molar-refractivity contribution in [3.05, 3.63) is 61.1 Å². The number of amides is 2. The van der Waals surface area contributed by atoms with E-state index in [2.05, 4.69) is 26.6 Å². The fraction of sp³-hybridized carbons (Fsp3) is 0.333. The molecule has 35 heavy (non-hydrogen) atoms. The molecule has 0 aliphatic carbocycles. The summed E-state index contributed by atoms with van der Waals surface area (Å²) in [5.41, 5.74) is -0.817. The SMILES string of the molecule is C[C@@H](CS(C)(=O)=O)NC(=O)c1c(I)cccc1C(=O)Nc1ccc(C(C(F)F)C(F)(F)F)cc1Br. The fourth-order valence-electron chi connectivity index (χ4n) is 3.23. The van der Waals surface area contributed by atoms with Gasteiger partial charge in [0.1, 0.15) is 15.8 Å². The summed E-state index contributed by atoms with van der Waals surface area (Å²) >= 11 is 4.82. The summed E-state index contributed by atoms with van der Waals surface area (Å²) in [7, 11) is -3.38. The molecule has 0 bridgehead atoms. The average molecular weight is 697 g/mol. The summed E-state index contributed by atoms with van der Waals surface area (Å²) < 4.78 is 88.3. The minimum Gasteiger partial charge on any atom is -0.349 e. The van der Waals surface area contributed by atoms with Gasteiger partial charge in [0, 0.05) is 20.3 Å². The van der Waals surface area contributed by atoms with Gasteiger partial charge in [-0.15, -0.1) is 0 Å². The minimum absolute atomic E-state index is 0.00963. The standard InChI is InChI=1S/C21H19BrF5IN2O4S/c1-10(9-35(2,33)34)29-20(32)16-12(4-3-5-14(16)28)19(31)30-15-7-6-11(8-13(15)22)17(18(23)24)21(25,26)27/h3-8,10,17-18H,9H2,1-2H3,(H,29,32)(H,30,31)/t10-,17?/m0/s1. The Kier molecular flexibility index (Phi) is 9.66. The van der Waals surface area contributed by atoms with E-state index in [1.807, 2.05) is 22.6 Å². The van der Waals surface area contributed by atoms with Crippen molar-refractivity contribution in [2.75, 3.05) is 17.3 Å². The van der Waals surface area contributed by atoms with Crippen molar-refractivity contribution in [2.24, 2.45) is 0 Å². The highest BCUT2D eigenvalue weighted by molar-refractivity contribution is 14.1. The van der Waals surface area contributed by atoms with Crippen molar-refractivity contribution < 1.29 is 40.0 Å². The molecule has 0 radical (unpaired) electrons. The number of carbonyl (C=O) groups excluding carboxylic acids is 2. The molecule has 0 aromatic heterocycles. The van der Waals surface area contributed by atoms with Crippen LogP contribution in [0.25, 0.3) is 0 Å². The van der Waals surface area contributed by atoms with E-state index in [0.717, 1.165) is 24.5 Å². The molecule has 0 aliphatic rings. The predicted octanol–water partition coefficient (Wildman–Crippen LogP) is 5.38. The van der Waals surface area contributed by atoms with E-state index in [1.54, 1.807) is 6.07 Å². The summed E-state index contributed by atoms with van der Waals surface area (Å²) in [4.78, 5) is 25.7. The number of nitrogens with one attached hydrogen (secondary N) is 2. The molecule has 2 aromatic rings. The van der Waals surface area contributed by atoms with Crippen LogP contribution < -0.4 is 10.6 Å². The van der Waals surface area contributed by atoms with Crippen molar-refractivity contribution >= 4 is 65.9 Å². The normalized spacial score (nSPS) is 13.9. The second-order valence-corrected chi connectivity index (χ2v) is 11.9. The van der Waals surface area contributed by atoms with Gasteiger partial charge in [0.2, 0.25) is 0 Å². The average Bonchev–Trinajstić information content (AvgIpc) is 2.66. The lowest BCUT2D eigenvalue weighted by Crippen LogP contribution is -2.38. The van der Waals surface area contributed by atoms with E-state index in [4.69, 9.17) is 0 Å². The van der Waals surface area contributed by atoms with Crippen LogP contribution in [0.15, 0.2) is 40.9 Å². The second-order valence-electron chi connectivity index (χ2n) is 7.68. The molecule has 2 atom stereocenters. The molecule has 2 amide bonds. The Morgan fingerprint density at radius 3 is 2.26 bits per heavy atom. The van der Waals surface area contributed by atoms with Crippen LogP contribution >= 0.6 is 38.5 Å². The summed E-state index contributed by atoms with van der Waals surface area (Å²) in [5.74, 6) is -4.81. The van der Waals surface area contributed by atoms with Crippen molar-refractivity contribution in [1.29, 1.82) is 0 Å². The molecule has 192 valence electrons. The summed E-state index contributed by atoms with van der Waals surface area (Å²) in [6.45, 7) is 1.49. The first-order valence-corrected chi connectivity index (χ1v) is 13.7. The Morgan fingerprint density at radius 2 is 1.74 bits per heavy atom. The molecule has 1 unspecified atom stereocenters. The number of benzene rings is 2. The zero-order chi connectivity index (χ0) is 26.7. The Labute approximate surface area is 220 Å². The molecule has 0 saturated heterocycles. The summed E-state index contributed by atoms with van der Waals surface area (Å²) in [6, 6.07) is 6.37. The Balaban J connectivity index is 2.33. The van der Waals surface area contributed by atoms with Crippen LogP contribution in [0.1, 0.15) is 39.1 Å². The van der Waals surface area contributed by atoms with Crippen molar-refractivity contribution in [2.45, 2.75) is 31.5 Å².